The predicted molar refractivity (Wildman–Crippen MR) is 83.7 cm³/mol. The molecule has 0 atom stereocenters. The highest BCUT2D eigenvalue weighted by molar-refractivity contribution is 5.97. The average Bonchev–Trinajstić information content (AvgIpc) is 2.98. The molecule has 110 valence electrons. The van der Waals surface area contributed by atoms with Crippen molar-refractivity contribution in [2.75, 3.05) is 18.0 Å². The quantitative estimate of drug-likeness (QED) is 0.864. The van der Waals surface area contributed by atoms with Gasteiger partial charge in [-0.3, -0.25) is 4.79 Å². The highest BCUT2D eigenvalue weighted by Crippen LogP contribution is 2.43. The molecule has 0 bridgehead atoms. The van der Waals surface area contributed by atoms with Crippen LogP contribution in [0.25, 0.3) is 0 Å². The van der Waals surface area contributed by atoms with Crippen LogP contribution in [-0.4, -0.2) is 19.0 Å². The first-order valence-corrected chi connectivity index (χ1v) is 7.80. The number of para-hydroxylation sites is 1. The summed E-state index contributed by atoms with van der Waals surface area (Å²) in [6.45, 7) is 3.49. The van der Waals surface area contributed by atoms with E-state index in [1.54, 1.807) is 0 Å². The van der Waals surface area contributed by atoms with Crippen LogP contribution in [0.1, 0.15) is 45.4 Å². The maximum absolute atomic E-state index is 13.1. The zero-order chi connectivity index (χ0) is 14.4. The number of nitrogens with zero attached hydrogens (tertiary/aromatic N) is 1. The lowest BCUT2D eigenvalue weighted by atomic mass is 9.81. The average molecular weight is 274 g/mol. The van der Waals surface area contributed by atoms with Crippen LogP contribution in [0.2, 0.25) is 0 Å². The second kappa shape index (κ2) is 6.89. The molecule has 1 aliphatic carbocycles. The van der Waals surface area contributed by atoms with E-state index in [2.05, 4.69) is 6.92 Å². The van der Waals surface area contributed by atoms with Crippen molar-refractivity contribution in [3.63, 3.8) is 0 Å². The van der Waals surface area contributed by atoms with Gasteiger partial charge in [0.05, 0.1) is 0 Å². The lowest BCUT2D eigenvalue weighted by Gasteiger charge is -2.34. The molecule has 1 amide bonds. The Kier molecular flexibility index (Phi) is 5.18. The fourth-order valence-electron chi connectivity index (χ4n) is 3.26. The van der Waals surface area contributed by atoms with Gasteiger partial charge in [0.2, 0.25) is 5.91 Å². The molecule has 0 heterocycles. The van der Waals surface area contributed by atoms with Crippen LogP contribution in [0.4, 0.5) is 5.69 Å². The van der Waals surface area contributed by atoms with Gasteiger partial charge in [-0.05, 0) is 44.4 Å². The molecular weight excluding hydrogens is 248 g/mol. The number of amides is 1. The molecule has 2 rings (SSSR count). The summed E-state index contributed by atoms with van der Waals surface area (Å²) in [5.41, 5.74) is 6.51. The van der Waals surface area contributed by atoms with Gasteiger partial charge in [0.1, 0.15) is 0 Å². The molecule has 0 unspecified atom stereocenters. The molecular formula is C17H26N2O. The van der Waals surface area contributed by atoms with Gasteiger partial charge >= 0.3 is 0 Å². The van der Waals surface area contributed by atoms with Crippen LogP contribution in [0, 0.1) is 5.41 Å². The van der Waals surface area contributed by atoms with Crippen LogP contribution in [0.5, 0.6) is 0 Å². The molecule has 0 spiro atoms. The standard InChI is InChI=1S/C17H26N2O/c1-2-17(11-6-7-12-17)16(20)19(14-8-13-18)15-9-4-3-5-10-15/h3-5,9-10H,2,6-8,11-14,18H2,1H3. The van der Waals surface area contributed by atoms with Crippen molar-refractivity contribution >= 4 is 11.6 Å². The third-order valence-electron chi connectivity index (χ3n) is 4.59. The molecule has 0 saturated heterocycles. The first-order valence-electron chi connectivity index (χ1n) is 7.80. The second-order valence-corrected chi connectivity index (χ2v) is 5.78. The number of benzene rings is 1. The number of hydrogen-bond donors (Lipinski definition) is 1. The van der Waals surface area contributed by atoms with Crippen LogP contribution in [0.15, 0.2) is 30.3 Å². The Balaban J connectivity index is 2.24. The highest BCUT2D eigenvalue weighted by Gasteiger charge is 2.42. The molecule has 20 heavy (non-hydrogen) atoms. The van der Waals surface area contributed by atoms with E-state index in [4.69, 9.17) is 5.73 Å². The van der Waals surface area contributed by atoms with Crippen molar-refractivity contribution in [2.45, 2.75) is 45.4 Å². The van der Waals surface area contributed by atoms with Crippen molar-refractivity contribution in [3.8, 4) is 0 Å². The van der Waals surface area contributed by atoms with E-state index in [1.165, 1.54) is 12.8 Å². The van der Waals surface area contributed by atoms with Crippen molar-refractivity contribution in [1.82, 2.24) is 0 Å². The summed E-state index contributed by atoms with van der Waals surface area (Å²) in [6.07, 6.45) is 6.22. The zero-order valence-electron chi connectivity index (χ0n) is 12.5. The number of carbonyl (C=O) groups is 1. The number of carbonyl (C=O) groups excluding carboxylic acids is 1. The van der Waals surface area contributed by atoms with Crippen LogP contribution >= 0.6 is 0 Å². The minimum atomic E-state index is -0.134. The van der Waals surface area contributed by atoms with E-state index in [1.807, 2.05) is 35.2 Å². The summed E-state index contributed by atoms with van der Waals surface area (Å²) in [4.78, 5) is 15.0. The summed E-state index contributed by atoms with van der Waals surface area (Å²) in [5, 5.41) is 0. The minimum Gasteiger partial charge on any atom is -0.330 e. The zero-order valence-corrected chi connectivity index (χ0v) is 12.5. The lowest BCUT2D eigenvalue weighted by molar-refractivity contribution is -0.128. The molecule has 1 saturated carbocycles. The first-order chi connectivity index (χ1) is 9.73. The largest absolute Gasteiger partial charge is 0.330 e. The predicted octanol–water partition coefficient (Wildman–Crippen LogP) is 3.34. The monoisotopic (exact) mass is 274 g/mol. The summed E-state index contributed by atoms with van der Waals surface area (Å²) >= 11 is 0. The third kappa shape index (κ3) is 3.04. The van der Waals surface area contributed by atoms with E-state index in [-0.39, 0.29) is 5.41 Å². The van der Waals surface area contributed by atoms with Crippen molar-refractivity contribution in [2.24, 2.45) is 11.1 Å². The Morgan fingerprint density at radius 2 is 1.90 bits per heavy atom. The molecule has 1 aromatic carbocycles. The molecule has 0 radical (unpaired) electrons. The summed E-state index contributed by atoms with van der Waals surface area (Å²) in [7, 11) is 0. The Morgan fingerprint density at radius 3 is 2.45 bits per heavy atom. The first kappa shape index (κ1) is 15.0. The number of nitrogens with two attached hydrogens (primary N) is 1. The van der Waals surface area contributed by atoms with Gasteiger partial charge in [0, 0.05) is 17.6 Å². The van der Waals surface area contributed by atoms with Gasteiger partial charge < -0.3 is 10.6 Å². The number of hydrogen-bond acceptors (Lipinski definition) is 2. The molecule has 1 fully saturated rings. The Morgan fingerprint density at radius 1 is 1.25 bits per heavy atom. The Labute approximate surface area is 122 Å². The van der Waals surface area contributed by atoms with Crippen molar-refractivity contribution in [3.05, 3.63) is 30.3 Å². The topological polar surface area (TPSA) is 46.3 Å². The molecule has 0 aromatic heterocycles. The molecule has 3 heteroatoms. The number of anilines is 1. The fourth-order valence-corrected chi connectivity index (χ4v) is 3.26. The second-order valence-electron chi connectivity index (χ2n) is 5.78. The van der Waals surface area contributed by atoms with Gasteiger partial charge in [-0.1, -0.05) is 38.0 Å². The van der Waals surface area contributed by atoms with Crippen LogP contribution in [0.3, 0.4) is 0 Å². The normalized spacial score (nSPS) is 17.1. The third-order valence-corrected chi connectivity index (χ3v) is 4.59. The maximum Gasteiger partial charge on any atom is 0.233 e. The molecule has 1 aromatic rings. The van der Waals surface area contributed by atoms with E-state index in [0.717, 1.165) is 37.9 Å². The molecule has 3 nitrogen and oxygen atoms in total. The highest BCUT2D eigenvalue weighted by atomic mass is 16.2. The van der Waals surface area contributed by atoms with Gasteiger partial charge in [-0.2, -0.15) is 0 Å². The van der Waals surface area contributed by atoms with Gasteiger partial charge in [0.25, 0.3) is 0 Å². The summed E-state index contributed by atoms with van der Waals surface area (Å²) < 4.78 is 0. The van der Waals surface area contributed by atoms with Crippen molar-refractivity contribution < 1.29 is 4.79 Å². The lowest BCUT2D eigenvalue weighted by Crippen LogP contribution is -2.43. The molecule has 2 N–H and O–H groups in total. The van der Waals surface area contributed by atoms with Crippen LogP contribution in [-0.2, 0) is 4.79 Å². The van der Waals surface area contributed by atoms with Gasteiger partial charge in [-0.25, -0.2) is 0 Å². The smallest absolute Gasteiger partial charge is 0.233 e. The molecule has 0 aliphatic heterocycles. The summed E-state index contributed by atoms with van der Waals surface area (Å²) in [5.74, 6) is 0.303. The summed E-state index contributed by atoms with van der Waals surface area (Å²) in [6, 6.07) is 10.0. The Hall–Kier alpha value is -1.35. The van der Waals surface area contributed by atoms with Crippen LogP contribution < -0.4 is 10.6 Å². The maximum atomic E-state index is 13.1. The van der Waals surface area contributed by atoms with Gasteiger partial charge in [0.15, 0.2) is 0 Å². The van der Waals surface area contributed by atoms with E-state index in [9.17, 15) is 4.79 Å². The van der Waals surface area contributed by atoms with Crippen molar-refractivity contribution in [1.29, 1.82) is 0 Å². The SMILES string of the molecule is CCC1(C(=O)N(CCCN)c2ccccc2)CCCC1. The minimum absolute atomic E-state index is 0.134. The van der Waals surface area contributed by atoms with Gasteiger partial charge in [-0.15, -0.1) is 0 Å². The fraction of sp³-hybridized carbons (Fsp3) is 0.588. The van der Waals surface area contributed by atoms with E-state index < -0.39 is 0 Å². The van der Waals surface area contributed by atoms with E-state index >= 15 is 0 Å². The Bertz CT molecular complexity index is 424. The van der Waals surface area contributed by atoms with E-state index in [0.29, 0.717) is 12.5 Å². The number of rotatable bonds is 6. The molecule has 1 aliphatic rings.